The number of rotatable bonds is 2. The maximum atomic E-state index is 5.90. The van der Waals surface area contributed by atoms with Crippen LogP contribution >= 0.6 is 23.2 Å². The number of aromatic nitrogens is 1. The zero-order valence-corrected chi connectivity index (χ0v) is 10.1. The molecular weight excluding hydrogens is 247 g/mol. The highest BCUT2D eigenvalue weighted by molar-refractivity contribution is 6.35. The molecule has 1 heterocycles. The van der Waals surface area contributed by atoms with Gasteiger partial charge >= 0.3 is 0 Å². The van der Waals surface area contributed by atoms with Gasteiger partial charge in [-0.25, -0.2) is 0 Å². The van der Waals surface area contributed by atoms with Crippen LogP contribution in [0.3, 0.4) is 0 Å². The predicted molar refractivity (Wildman–Crippen MR) is 64.6 cm³/mol. The van der Waals surface area contributed by atoms with Crippen molar-refractivity contribution in [3.8, 4) is 11.3 Å². The van der Waals surface area contributed by atoms with E-state index in [-0.39, 0.29) is 6.04 Å². The van der Waals surface area contributed by atoms with Crippen LogP contribution in [0.15, 0.2) is 28.8 Å². The number of hydrogen-bond acceptors (Lipinski definition) is 3. The first kappa shape index (κ1) is 11.5. The van der Waals surface area contributed by atoms with E-state index in [0.29, 0.717) is 21.5 Å². The van der Waals surface area contributed by atoms with Crippen LogP contribution in [0.4, 0.5) is 0 Å². The lowest BCUT2D eigenvalue weighted by atomic mass is 10.1. The minimum atomic E-state index is -0.184. The molecule has 0 bridgehead atoms. The first-order valence-corrected chi connectivity index (χ1v) is 5.50. The number of hydrogen-bond donors (Lipinski definition) is 1. The van der Waals surface area contributed by atoms with Gasteiger partial charge in [-0.15, -0.1) is 0 Å². The van der Waals surface area contributed by atoms with Gasteiger partial charge < -0.3 is 10.3 Å². The third-order valence-corrected chi connectivity index (χ3v) is 2.57. The van der Waals surface area contributed by atoms with Gasteiger partial charge in [0.25, 0.3) is 0 Å². The molecule has 1 atom stereocenters. The Morgan fingerprint density at radius 2 is 1.81 bits per heavy atom. The molecule has 0 aliphatic heterocycles. The maximum absolute atomic E-state index is 5.90. The molecule has 0 amide bonds. The SMILES string of the molecule is CC(N)c1cc(-c2cc(Cl)cc(Cl)c2)no1. The Balaban J connectivity index is 2.42. The molecule has 0 radical (unpaired) electrons. The molecule has 1 aromatic carbocycles. The summed E-state index contributed by atoms with van der Waals surface area (Å²) in [4.78, 5) is 0. The molecular formula is C11H10Cl2N2O. The number of halogens is 2. The van der Waals surface area contributed by atoms with Gasteiger partial charge in [0.2, 0.25) is 0 Å². The van der Waals surface area contributed by atoms with Crippen molar-refractivity contribution >= 4 is 23.2 Å². The fourth-order valence-corrected chi connectivity index (χ4v) is 1.87. The van der Waals surface area contributed by atoms with Gasteiger partial charge in [0.05, 0.1) is 6.04 Å². The molecule has 5 heteroatoms. The largest absolute Gasteiger partial charge is 0.359 e. The molecule has 84 valence electrons. The fraction of sp³-hybridized carbons (Fsp3) is 0.182. The lowest BCUT2D eigenvalue weighted by Crippen LogP contribution is -2.02. The van der Waals surface area contributed by atoms with E-state index < -0.39 is 0 Å². The van der Waals surface area contributed by atoms with Gasteiger partial charge in [0, 0.05) is 21.7 Å². The monoisotopic (exact) mass is 256 g/mol. The van der Waals surface area contributed by atoms with E-state index in [1.54, 1.807) is 24.3 Å². The lowest BCUT2D eigenvalue weighted by molar-refractivity contribution is 0.369. The summed E-state index contributed by atoms with van der Waals surface area (Å²) in [5.41, 5.74) is 7.17. The van der Waals surface area contributed by atoms with E-state index in [1.165, 1.54) is 0 Å². The summed E-state index contributed by atoms with van der Waals surface area (Å²) in [6.07, 6.45) is 0. The molecule has 3 nitrogen and oxygen atoms in total. The Hall–Kier alpha value is -1.03. The van der Waals surface area contributed by atoms with Gasteiger partial charge in [-0.05, 0) is 25.1 Å². The summed E-state index contributed by atoms with van der Waals surface area (Å²) in [5, 5.41) is 5.04. The van der Waals surface area contributed by atoms with E-state index in [4.69, 9.17) is 33.5 Å². The van der Waals surface area contributed by atoms with Crippen LogP contribution in [0.1, 0.15) is 18.7 Å². The third-order valence-electron chi connectivity index (χ3n) is 2.14. The van der Waals surface area contributed by atoms with Crippen LogP contribution in [-0.2, 0) is 0 Å². The molecule has 1 aromatic heterocycles. The quantitative estimate of drug-likeness (QED) is 0.892. The zero-order chi connectivity index (χ0) is 11.7. The minimum Gasteiger partial charge on any atom is -0.359 e. The Labute approximate surface area is 103 Å². The van der Waals surface area contributed by atoms with Crippen molar-refractivity contribution in [1.29, 1.82) is 0 Å². The average molecular weight is 257 g/mol. The van der Waals surface area contributed by atoms with Crippen LogP contribution in [-0.4, -0.2) is 5.16 Å². The minimum absolute atomic E-state index is 0.184. The van der Waals surface area contributed by atoms with E-state index in [9.17, 15) is 0 Å². The number of nitrogens with zero attached hydrogens (tertiary/aromatic N) is 1. The van der Waals surface area contributed by atoms with Crippen molar-refractivity contribution in [2.24, 2.45) is 5.73 Å². The highest BCUT2D eigenvalue weighted by Crippen LogP contribution is 2.27. The maximum Gasteiger partial charge on any atom is 0.153 e. The Kier molecular flexibility index (Phi) is 3.19. The standard InChI is InChI=1S/C11H10Cl2N2O/c1-6(14)11-5-10(15-16-11)7-2-8(12)4-9(13)3-7/h2-6H,14H2,1H3. The fourth-order valence-electron chi connectivity index (χ4n) is 1.34. The molecule has 2 N–H and O–H groups in total. The second kappa shape index (κ2) is 4.45. The van der Waals surface area contributed by atoms with Crippen LogP contribution in [0.2, 0.25) is 10.0 Å². The predicted octanol–water partition coefficient (Wildman–Crippen LogP) is 3.67. The average Bonchev–Trinajstić information content (AvgIpc) is 2.64. The highest BCUT2D eigenvalue weighted by atomic mass is 35.5. The van der Waals surface area contributed by atoms with Gasteiger partial charge in [0.1, 0.15) is 5.69 Å². The summed E-state index contributed by atoms with van der Waals surface area (Å²) in [7, 11) is 0. The van der Waals surface area contributed by atoms with Crippen LogP contribution < -0.4 is 5.73 Å². The van der Waals surface area contributed by atoms with E-state index >= 15 is 0 Å². The topological polar surface area (TPSA) is 52.0 Å². The zero-order valence-electron chi connectivity index (χ0n) is 8.58. The van der Waals surface area contributed by atoms with E-state index in [0.717, 1.165) is 5.56 Å². The Morgan fingerprint density at radius 1 is 1.19 bits per heavy atom. The normalized spacial score (nSPS) is 12.8. The Morgan fingerprint density at radius 3 is 2.31 bits per heavy atom. The van der Waals surface area contributed by atoms with Gasteiger partial charge in [-0.1, -0.05) is 28.4 Å². The number of nitrogens with two attached hydrogens (primary N) is 1. The third kappa shape index (κ3) is 2.38. The smallest absolute Gasteiger partial charge is 0.153 e. The van der Waals surface area contributed by atoms with Crippen molar-refractivity contribution < 1.29 is 4.52 Å². The highest BCUT2D eigenvalue weighted by Gasteiger charge is 2.10. The number of benzene rings is 1. The molecule has 1 unspecified atom stereocenters. The molecule has 16 heavy (non-hydrogen) atoms. The summed E-state index contributed by atoms with van der Waals surface area (Å²) in [5.74, 6) is 0.631. The second-order valence-electron chi connectivity index (χ2n) is 3.56. The van der Waals surface area contributed by atoms with Crippen LogP contribution in [0, 0.1) is 0 Å². The summed E-state index contributed by atoms with van der Waals surface area (Å²) in [6.45, 7) is 1.83. The molecule has 2 rings (SSSR count). The Bertz CT molecular complexity index is 488. The first-order chi connectivity index (χ1) is 7.56. The first-order valence-electron chi connectivity index (χ1n) is 4.75. The molecule has 0 spiro atoms. The van der Waals surface area contributed by atoms with Gasteiger partial charge in [0.15, 0.2) is 5.76 Å². The molecule has 0 fully saturated rings. The van der Waals surface area contributed by atoms with Crippen molar-refractivity contribution in [2.75, 3.05) is 0 Å². The van der Waals surface area contributed by atoms with E-state index in [2.05, 4.69) is 5.16 Å². The molecule has 2 aromatic rings. The van der Waals surface area contributed by atoms with Crippen molar-refractivity contribution in [3.05, 3.63) is 40.1 Å². The lowest BCUT2D eigenvalue weighted by Gasteiger charge is -1.98. The van der Waals surface area contributed by atoms with Crippen molar-refractivity contribution in [3.63, 3.8) is 0 Å². The summed E-state index contributed by atoms with van der Waals surface area (Å²) >= 11 is 11.8. The van der Waals surface area contributed by atoms with Gasteiger partial charge in [-0.2, -0.15) is 0 Å². The van der Waals surface area contributed by atoms with Crippen LogP contribution in [0.25, 0.3) is 11.3 Å². The molecule has 0 saturated heterocycles. The van der Waals surface area contributed by atoms with Gasteiger partial charge in [-0.3, -0.25) is 0 Å². The van der Waals surface area contributed by atoms with Crippen molar-refractivity contribution in [2.45, 2.75) is 13.0 Å². The summed E-state index contributed by atoms with van der Waals surface area (Å²) in [6, 6.07) is 6.81. The second-order valence-corrected chi connectivity index (χ2v) is 4.43. The summed E-state index contributed by atoms with van der Waals surface area (Å²) < 4.78 is 5.10. The molecule has 0 saturated carbocycles. The van der Waals surface area contributed by atoms with E-state index in [1.807, 2.05) is 6.92 Å². The molecule has 0 aliphatic carbocycles. The van der Waals surface area contributed by atoms with Crippen LogP contribution in [0.5, 0.6) is 0 Å². The molecule has 0 aliphatic rings. The van der Waals surface area contributed by atoms with Crippen molar-refractivity contribution in [1.82, 2.24) is 5.16 Å².